The van der Waals surface area contributed by atoms with E-state index >= 15 is 0 Å². The molecule has 0 aliphatic carbocycles. The topological polar surface area (TPSA) is 24.5 Å². The van der Waals surface area contributed by atoms with Crippen molar-refractivity contribution in [3.63, 3.8) is 0 Å². The molecule has 1 saturated heterocycles. The van der Waals surface area contributed by atoms with Crippen LogP contribution < -0.4 is 5.32 Å². The zero-order valence-corrected chi connectivity index (χ0v) is 14.7. The Morgan fingerprint density at radius 2 is 2.33 bits per heavy atom. The van der Waals surface area contributed by atoms with Crippen LogP contribution in [0.25, 0.3) is 0 Å². The molecule has 0 spiro atoms. The molecule has 0 radical (unpaired) electrons. The van der Waals surface area contributed by atoms with Crippen LogP contribution in [0.4, 0.5) is 4.39 Å². The van der Waals surface area contributed by atoms with E-state index in [1.54, 1.807) is 12.1 Å². The van der Waals surface area contributed by atoms with Crippen molar-refractivity contribution in [2.75, 3.05) is 33.3 Å². The molecule has 1 aromatic rings. The van der Waals surface area contributed by atoms with E-state index in [1.807, 2.05) is 0 Å². The molecule has 2 unspecified atom stereocenters. The number of hydrogen-bond acceptors (Lipinski definition) is 3. The highest BCUT2D eigenvalue weighted by molar-refractivity contribution is 9.10. The number of rotatable bonds is 5. The van der Waals surface area contributed by atoms with E-state index in [-0.39, 0.29) is 23.0 Å². The second kappa shape index (κ2) is 7.88. The van der Waals surface area contributed by atoms with E-state index in [9.17, 15) is 4.39 Å². The van der Waals surface area contributed by atoms with E-state index in [4.69, 9.17) is 16.3 Å². The number of nitrogens with one attached hydrogen (secondary N) is 1. The van der Waals surface area contributed by atoms with Gasteiger partial charge >= 0.3 is 0 Å². The summed E-state index contributed by atoms with van der Waals surface area (Å²) in [7, 11) is 2.05. The molecule has 2 atom stereocenters. The van der Waals surface area contributed by atoms with Gasteiger partial charge in [-0.2, -0.15) is 0 Å². The summed E-state index contributed by atoms with van der Waals surface area (Å²) in [6.07, 6.45) is 0.896. The van der Waals surface area contributed by atoms with Gasteiger partial charge in [-0.1, -0.05) is 24.6 Å². The molecule has 0 saturated carbocycles. The summed E-state index contributed by atoms with van der Waals surface area (Å²) in [6, 6.07) is 3.36. The van der Waals surface area contributed by atoms with Crippen LogP contribution in [0, 0.1) is 5.82 Å². The van der Waals surface area contributed by atoms with Crippen LogP contribution >= 0.6 is 27.5 Å². The number of hydrogen-bond donors (Lipinski definition) is 1. The Kier molecular flexibility index (Phi) is 6.44. The van der Waals surface area contributed by atoms with Gasteiger partial charge in [0.2, 0.25) is 0 Å². The smallest absolute Gasteiger partial charge is 0.147 e. The summed E-state index contributed by atoms with van der Waals surface area (Å²) in [6.45, 7) is 5.23. The number of ether oxygens (including phenoxy) is 1. The number of nitrogens with zero attached hydrogens (tertiary/aromatic N) is 1. The Morgan fingerprint density at radius 1 is 1.57 bits per heavy atom. The van der Waals surface area contributed by atoms with Crippen LogP contribution in [-0.4, -0.2) is 44.3 Å². The minimum Gasteiger partial charge on any atom is -0.374 e. The van der Waals surface area contributed by atoms with Crippen LogP contribution in [0.15, 0.2) is 16.6 Å². The van der Waals surface area contributed by atoms with E-state index in [1.165, 1.54) is 0 Å². The minimum atomic E-state index is -0.378. The third kappa shape index (κ3) is 4.17. The third-order valence-electron chi connectivity index (χ3n) is 3.68. The monoisotopic (exact) mass is 378 g/mol. The molecule has 2 rings (SSSR count). The van der Waals surface area contributed by atoms with Gasteiger partial charge in [0, 0.05) is 23.1 Å². The lowest BCUT2D eigenvalue weighted by atomic mass is 9.99. The van der Waals surface area contributed by atoms with Crippen LogP contribution in [0.5, 0.6) is 0 Å². The molecule has 21 heavy (non-hydrogen) atoms. The summed E-state index contributed by atoms with van der Waals surface area (Å²) < 4.78 is 21.0. The highest BCUT2D eigenvalue weighted by Crippen LogP contribution is 2.32. The molecule has 1 aliphatic heterocycles. The largest absolute Gasteiger partial charge is 0.374 e. The Labute approximate surface area is 138 Å². The standard InChI is InChI=1S/C15H21BrClFN2O/c1-3-6-19-15(12-9-20(2)7-8-21-12)10-4-5-11(16)13(17)14(10)18/h4-5,12,15,19H,3,6-9H2,1-2H3. The van der Waals surface area contributed by atoms with Crippen molar-refractivity contribution in [3.8, 4) is 0 Å². The van der Waals surface area contributed by atoms with Crippen LogP contribution in [-0.2, 0) is 4.74 Å². The maximum absolute atomic E-state index is 14.5. The van der Waals surface area contributed by atoms with E-state index in [0.29, 0.717) is 16.6 Å². The third-order valence-corrected chi connectivity index (χ3v) is 4.94. The SMILES string of the molecule is CCCNC(c1ccc(Br)c(Cl)c1F)C1CN(C)CCO1. The molecular formula is C15H21BrClFN2O. The highest BCUT2D eigenvalue weighted by atomic mass is 79.9. The van der Waals surface area contributed by atoms with Gasteiger partial charge < -0.3 is 15.0 Å². The van der Waals surface area contributed by atoms with Crippen molar-refractivity contribution in [2.24, 2.45) is 0 Å². The van der Waals surface area contributed by atoms with Gasteiger partial charge in [-0.25, -0.2) is 4.39 Å². The Hall–Kier alpha value is -0.200. The maximum atomic E-state index is 14.5. The lowest BCUT2D eigenvalue weighted by molar-refractivity contribution is -0.0397. The second-order valence-corrected chi connectivity index (χ2v) is 6.60. The molecule has 118 valence electrons. The number of halogens is 3. The molecule has 1 N–H and O–H groups in total. The van der Waals surface area contributed by atoms with Gasteiger partial charge in [0.15, 0.2) is 0 Å². The van der Waals surface area contributed by atoms with Crippen molar-refractivity contribution >= 4 is 27.5 Å². The molecule has 0 amide bonds. The molecule has 1 heterocycles. The lowest BCUT2D eigenvalue weighted by Crippen LogP contribution is -2.47. The van der Waals surface area contributed by atoms with Gasteiger partial charge in [0.05, 0.1) is 23.8 Å². The fraction of sp³-hybridized carbons (Fsp3) is 0.600. The minimum absolute atomic E-state index is 0.0814. The predicted octanol–water partition coefficient (Wildman–Crippen LogP) is 3.61. The average Bonchev–Trinajstić information content (AvgIpc) is 2.47. The Balaban J connectivity index is 2.29. The van der Waals surface area contributed by atoms with E-state index < -0.39 is 0 Å². The van der Waals surface area contributed by atoms with Crippen LogP contribution in [0.2, 0.25) is 5.02 Å². The normalized spacial score (nSPS) is 21.5. The van der Waals surface area contributed by atoms with E-state index in [2.05, 4.69) is 40.1 Å². The number of morpholine rings is 1. The van der Waals surface area contributed by atoms with Crippen molar-refractivity contribution in [1.82, 2.24) is 10.2 Å². The lowest BCUT2D eigenvalue weighted by Gasteiger charge is -2.36. The molecule has 1 fully saturated rings. The molecule has 1 aromatic carbocycles. The number of benzene rings is 1. The van der Waals surface area contributed by atoms with Gasteiger partial charge in [-0.05, 0) is 42.0 Å². The zero-order chi connectivity index (χ0) is 15.4. The van der Waals surface area contributed by atoms with Crippen molar-refractivity contribution in [2.45, 2.75) is 25.5 Å². The predicted molar refractivity (Wildman–Crippen MR) is 87.4 cm³/mol. The van der Waals surface area contributed by atoms with Crippen molar-refractivity contribution in [1.29, 1.82) is 0 Å². The van der Waals surface area contributed by atoms with Gasteiger partial charge in [0.1, 0.15) is 5.82 Å². The maximum Gasteiger partial charge on any atom is 0.147 e. The molecule has 0 aromatic heterocycles. The zero-order valence-electron chi connectivity index (χ0n) is 12.3. The molecular weight excluding hydrogens is 359 g/mol. The molecule has 6 heteroatoms. The van der Waals surface area contributed by atoms with Gasteiger partial charge in [-0.15, -0.1) is 0 Å². The number of likely N-dealkylation sites (N-methyl/N-ethyl adjacent to an activating group) is 1. The Bertz CT molecular complexity index is 489. The first kappa shape index (κ1) is 17.2. The van der Waals surface area contributed by atoms with Crippen LogP contribution in [0.1, 0.15) is 24.9 Å². The fourth-order valence-corrected chi connectivity index (χ4v) is 3.01. The van der Waals surface area contributed by atoms with Gasteiger partial charge in [-0.3, -0.25) is 0 Å². The summed E-state index contributed by atoms with van der Waals surface area (Å²) in [4.78, 5) is 2.20. The molecule has 1 aliphatic rings. The average molecular weight is 380 g/mol. The highest BCUT2D eigenvalue weighted by Gasteiger charge is 2.30. The summed E-state index contributed by atoms with van der Waals surface area (Å²) >= 11 is 9.28. The van der Waals surface area contributed by atoms with E-state index in [0.717, 1.165) is 26.1 Å². The Morgan fingerprint density at radius 3 is 3.00 bits per heavy atom. The molecule has 0 bridgehead atoms. The van der Waals surface area contributed by atoms with Crippen molar-refractivity contribution < 1.29 is 9.13 Å². The first-order valence-electron chi connectivity index (χ1n) is 7.21. The van der Waals surface area contributed by atoms with Crippen LogP contribution in [0.3, 0.4) is 0 Å². The summed E-state index contributed by atoms with van der Waals surface area (Å²) in [5, 5.41) is 3.52. The quantitative estimate of drug-likeness (QED) is 0.791. The molecule has 3 nitrogen and oxygen atoms in total. The fourth-order valence-electron chi connectivity index (χ4n) is 2.54. The summed E-state index contributed by atoms with van der Waals surface area (Å²) in [5.74, 6) is -0.378. The first-order chi connectivity index (χ1) is 10.0. The summed E-state index contributed by atoms with van der Waals surface area (Å²) in [5.41, 5.74) is 0.567. The van der Waals surface area contributed by atoms with Crippen molar-refractivity contribution in [3.05, 3.63) is 33.0 Å². The second-order valence-electron chi connectivity index (χ2n) is 5.37. The first-order valence-corrected chi connectivity index (χ1v) is 8.38. The van der Waals surface area contributed by atoms with Gasteiger partial charge in [0.25, 0.3) is 0 Å².